The minimum absolute atomic E-state index is 0.726. The van der Waals surface area contributed by atoms with Crippen LogP contribution in [-0.4, -0.2) is 21.3 Å². The molecule has 0 heterocycles. The van der Waals surface area contributed by atoms with Gasteiger partial charge in [-0.1, -0.05) is 6.58 Å². The van der Waals surface area contributed by atoms with E-state index in [1.807, 2.05) is 6.92 Å². The Morgan fingerprint density at radius 1 is 1.60 bits per heavy atom. The maximum Gasteiger partial charge on any atom is 0.466 e. The second kappa shape index (κ2) is 6.77. The Hall–Kier alpha value is -0.350. The number of hydrogen-bond donors (Lipinski definition) is 3. The average Bonchev–Trinajstić information content (AvgIpc) is 1.63. The molecule has 0 saturated carbocycles. The van der Waals surface area contributed by atoms with Crippen molar-refractivity contribution in [1.29, 1.82) is 0 Å². The maximum atomic E-state index is 8.88. The van der Waals surface area contributed by atoms with Crippen LogP contribution in [0.4, 0.5) is 0 Å². The van der Waals surface area contributed by atoms with Gasteiger partial charge < -0.3 is 19.4 Å². The predicted octanol–water partition coefficient (Wildman–Crippen LogP) is 0.238. The summed E-state index contributed by atoms with van der Waals surface area (Å²) in [4.78, 5) is 21.6. The van der Waals surface area contributed by atoms with E-state index in [0.29, 0.717) is 0 Å². The molecule has 0 unspecified atom stereocenters. The SMILES string of the molecule is C=COCC.O=P(O)(O)O. The van der Waals surface area contributed by atoms with Gasteiger partial charge in [-0.05, 0) is 6.92 Å². The van der Waals surface area contributed by atoms with Gasteiger partial charge >= 0.3 is 7.82 Å². The zero-order valence-corrected chi connectivity index (χ0v) is 6.49. The third kappa shape index (κ3) is 124. The fourth-order valence-electron chi connectivity index (χ4n) is 0.118. The van der Waals surface area contributed by atoms with E-state index in [1.165, 1.54) is 6.26 Å². The summed E-state index contributed by atoms with van der Waals surface area (Å²) in [7, 11) is -4.64. The number of phosphoric acid groups is 1. The molecule has 0 aromatic carbocycles. The van der Waals surface area contributed by atoms with Crippen molar-refractivity contribution >= 4 is 7.82 Å². The second-order valence-corrected chi connectivity index (χ2v) is 2.16. The van der Waals surface area contributed by atoms with Crippen LogP contribution in [0.3, 0.4) is 0 Å². The maximum absolute atomic E-state index is 8.88. The molecular formula is C4H11O5P. The summed E-state index contributed by atoms with van der Waals surface area (Å²) in [6.07, 6.45) is 1.43. The Morgan fingerprint density at radius 2 is 1.90 bits per heavy atom. The lowest BCUT2D eigenvalue weighted by molar-refractivity contribution is 0.270. The van der Waals surface area contributed by atoms with Gasteiger partial charge in [-0.25, -0.2) is 4.57 Å². The van der Waals surface area contributed by atoms with Crippen molar-refractivity contribution in [3.05, 3.63) is 12.8 Å². The molecule has 0 bridgehead atoms. The van der Waals surface area contributed by atoms with Crippen LogP contribution in [0.2, 0.25) is 0 Å². The van der Waals surface area contributed by atoms with E-state index in [9.17, 15) is 0 Å². The number of ether oxygens (including phenoxy) is 1. The lowest BCUT2D eigenvalue weighted by Gasteiger charge is -1.84. The largest absolute Gasteiger partial charge is 0.502 e. The molecule has 0 amide bonds. The van der Waals surface area contributed by atoms with Gasteiger partial charge in [0.2, 0.25) is 0 Å². The molecule has 0 atom stereocenters. The standard InChI is InChI=1S/C4H8O.H3O4P/c1-3-5-4-2;1-5(2,3)4/h3H,1,4H2,2H3;(H3,1,2,3,4). The average molecular weight is 170 g/mol. The van der Waals surface area contributed by atoms with Crippen molar-refractivity contribution in [2.75, 3.05) is 6.61 Å². The molecule has 62 valence electrons. The van der Waals surface area contributed by atoms with Crippen LogP contribution in [0.5, 0.6) is 0 Å². The Balaban J connectivity index is 0. The van der Waals surface area contributed by atoms with Gasteiger partial charge in [0.15, 0.2) is 0 Å². The number of hydrogen-bond acceptors (Lipinski definition) is 2. The highest BCUT2D eigenvalue weighted by atomic mass is 31.2. The summed E-state index contributed by atoms with van der Waals surface area (Å²) in [5, 5.41) is 0. The van der Waals surface area contributed by atoms with E-state index >= 15 is 0 Å². The van der Waals surface area contributed by atoms with Gasteiger partial charge in [-0.2, -0.15) is 0 Å². The van der Waals surface area contributed by atoms with Gasteiger partial charge in [0, 0.05) is 0 Å². The van der Waals surface area contributed by atoms with E-state index in [1.54, 1.807) is 0 Å². The molecule has 0 spiro atoms. The molecule has 0 aliphatic rings. The van der Waals surface area contributed by atoms with E-state index in [-0.39, 0.29) is 0 Å². The van der Waals surface area contributed by atoms with Gasteiger partial charge in [-0.3, -0.25) is 0 Å². The number of rotatable bonds is 2. The predicted molar refractivity (Wildman–Crippen MR) is 36.1 cm³/mol. The van der Waals surface area contributed by atoms with Gasteiger partial charge in [0.1, 0.15) is 0 Å². The first kappa shape index (κ1) is 12.3. The summed E-state index contributed by atoms with van der Waals surface area (Å²) in [6.45, 7) is 5.97. The van der Waals surface area contributed by atoms with Crippen LogP contribution in [0, 0.1) is 0 Å². The minimum Gasteiger partial charge on any atom is -0.502 e. The molecule has 0 aromatic rings. The minimum atomic E-state index is -4.64. The second-order valence-electron chi connectivity index (χ2n) is 1.14. The molecule has 0 saturated heterocycles. The Labute approximate surface area is 59.2 Å². The van der Waals surface area contributed by atoms with Crippen molar-refractivity contribution in [2.45, 2.75) is 6.92 Å². The summed E-state index contributed by atoms with van der Waals surface area (Å²) in [6, 6.07) is 0. The highest BCUT2D eigenvalue weighted by Crippen LogP contribution is 2.25. The molecule has 0 aromatic heterocycles. The van der Waals surface area contributed by atoms with Gasteiger partial charge in [0.05, 0.1) is 12.9 Å². The quantitative estimate of drug-likeness (QED) is 0.408. The van der Waals surface area contributed by atoms with Gasteiger partial charge in [0.25, 0.3) is 0 Å². The lowest BCUT2D eigenvalue weighted by atomic mass is 10.9. The molecule has 5 nitrogen and oxygen atoms in total. The van der Waals surface area contributed by atoms with E-state index in [2.05, 4.69) is 11.3 Å². The van der Waals surface area contributed by atoms with Crippen molar-refractivity contribution < 1.29 is 24.0 Å². The van der Waals surface area contributed by atoms with Crippen molar-refractivity contribution in [3.8, 4) is 0 Å². The van der Waals surface area contributed by atoms with Crippen molar-refractivity contribution in [2.24, 2.45) is 0 Å². The molecule has 0 aliphatic carbocycles. The molecule has 0 aliphatic heterocycles. The first-order valence-corrected chi connectivity index (χ1v) is 3.99. The van der Waals surface area contributed by atoms with Crippen molar-refractivity contribution in [3.63, 3.8) is 0 Å². The molecule has 0 fully saturated rings. The summed E-state index contributed by atoms with van der Waals surface area (Å²) >= 11 is 0. The van der Waals surface area contributed by atoms with Crippen molar-refractivity contribution in [1.82, 2.24) is 0 Å². The Bertz CT molecular complexity index is 109. The smallest absolute Gasteiger partial charge is 0.466 e. The van der Waals surface area contributed by atoms with Crippen LogP contribution in [-0.2, 0) is 9.30 Å². The molecule has 3 N–H and O–H groups in total. The molecule has 10 heavy (non-hydrogen) atoms. The highest BCUT2D eigenvalue weighted by molar-refractivity contribution is 7.45. The van der Waals surface area contributed by atoms with E-state index in [0.717, 1.165) is 6.61 Å². The zero-order valence-electron chi connectivity index (χ0n) is 5.60. The topological polar surface area (TPSA) is 87.0 Å². The van der Waals surface area contributed by atoms with Gasteiger partial charge in [-0.15, -0.1) is 0 Å². The van der Waals surface area contributed by atoms with E-state index < -0.39 is 7.82 Å². The normalized spacial score (nSPS) is 9.20. The molecular weight excluding hydrogens is 159 g/mol. The van der Waals surface area contributed by atoms with Crippen LogP contribution < -0.4 is 0 Å². The zero-order chi connectivity index (χ0) is 8.62. The summed E-state index contributed by atoms with van der Waals surface area (Å²) < 4.78 is 13.5. The van der Waals surface area contributed by atoms with E-state index in [4.69, 9.17) is 19.2 Å². The Morgan fingerprint density at radius 3 is 1.90 bits per heavy atom. The molecule has 0 rings (SSSR count). The van der Waals surface area contributed by atoms with Crippen LogP contribution in [0.15, 0.2) is 12.8 Å². The highest BCUT2D eigenvalue weighted by Gasteiger charge is 2.00. The fraction of sp³-hybridized carbons (Fsp3) is 0.500. The summed E-state index contributed by atoms with van der Waals surface area (Å²) in [5.41, 5.74) is 0. The first-order valence-electron chi connectivity index (χ1n) is 2.42. The molecule has 6 heteroatoms. The fourth-order valence-corrected chi connectivity index (χ4v) is 0.118. The third-order valence-electron chi connectivity index (χ3n) is 0.285. The first-order chi connectivity index (χ1) is 4.41. The summed E-state index contributed by atoms with van der Waals surface area (Å²) in [5.74, 6) is 0. The van der Waals surface area contributed by atoms with Crippen LogP contribution in [0.25, 0.3) is 0 Å². The molecule has 0 radical (unpaired) electrons. The van der Waals surface area contributed by atoms with Crippen LogP contribution in [0.1, 0.15) is 6.92 Å². The third-order valence-corrected chi connectivity index (χ3v) is 0.285. The monoisotopic (exact) mass is 170 g/mol. The van der Waals surface area contributed by atoms with Crippen LogP contribution >= 0.6 is 7.82 Å². The Kier molecular flexibility index (Phi) is 8.35. The lowest BCUT2D eigenvalue weighted by Crippen LogP contribution is -1.72.